The van der Waals surface area contributed by atoms with Crippen LogP contribution >= 0.6 is 11.3 Å². The summed E-state index contributed by atoms with van der Waals surface area (Å²) in [6.45, 7) is 0.407. The van der Waals surface area contributed by atoms with Crippen molar-refractivity contribution >= 4 is 17.2 Å². The molecule has 3 heterocycles. The highest BCUT2D eigenvalue weighted by atomic mass is 32.1. The fourth-order valence-electron chi connectivity index (χ4n) is 3.05. The number of hydrogen-bond acceptors (Lipinski definition) is 4. The number of aromatic nitrogens is 2. The molecule has 1 atom stereocenters. The van der Waals surface area contributed by atoms with Crippen molar-refractivity contribution in [3.05, 3.63) is 88.4 Å². The van der Waals surface area contributed by atoms with Crippen molar-refractivity contribution in [1.29, 1.82) is 0 Å². The molecule has 0 aliphatic heterocycles. The molecule has 4 aromatic rings. The first-order chi connectivity index (χ1) is 13.6. The molecule has 0 saturated carbocycles. The van der Waals surface area contributed by atoms with E-state index in [1.165, 1.54) is 16.8 Å². The van der Waals surface area contributed by atoms with Gasteiger partial charge < -0.3 is 9.73 Å². The van der Waals surface area contributed by atoms with Crippen LogP contribution in [0.3, 0.4) is 0 Å². The fourth-order valence-corrected chi connectivity index (χ4v) is 3.88. The van der Waals surface area contributed by atoms with Crippen LogP contribution in [0.25, 0.3) is 11.3 Å². The Bertz CT molecular complexity index is 1020. The Labute approximate surface area is 165 Å². The molecule has 1 aromatic carbocycles. The summed E-state index contributed by atoms with van der Waals surface area (Å²) in [4.78, 5) is 13.9. The van der Waals surface area contributed by atoms with Gasteiger partial charge in [-0.15, -0.1) is 11.3 Å². The summed E-state index contributed by atoms with van der Waals surface area (Å²) in [5.74, 6) is 0.218. The molecule has 3 aromatic heterocycles. The van der Waals surface area contributed by atoms with Crippen molar-refractivity contribution in [3.8, 4) is 11.3 Å². The lowest BCUT2D eigenvalue weighted by Gasteiger charge is -2.14. The maximum Gasteiger partial charge on any atom is 0.269 e. The SMILES string of the molecule is Cn1nc(-c2ccc(F)cc2)cc1C(=O)NC[C@H](c1ccco1)c1cccs1. The number of aryl methyl sites for hydroxylation is 1. The molecule has 0 fully saturated rings. The van der Waals surface area contributed by atoms with E-state index in [1.54, 1.807) is 42.8 Å². The minimum atomic E-state index is -0.310. The molecule has 1 amide bonds. The molecular weight excluding hydrogens is 377 g/mol. The average molecular weight is 395 g/mol. The summed E-state index contributed by atoms with van der Waals surface area (Å²) in [5, 5.41) is 9.36. The zero-order chi connectivity index (χ0) is 19.5. The average Bonchev–Trinajstić information content (AvgIpc) is 3.45. The summed E-state index contributed by atoms with van der Waals surface area (Å²) in [6.07, 6.45) is 1.63. The summed E-state index contributed by atoms with van der Waals surface area (Å²) < 4.78 is 20.2. The Morgan fingerprint density at radius 3 is 2.75 bits per heavy atom. The lowest BCUT2D eigenvalue weighted by molar-refractivity contribution is 0.0942. The number of benzene rings is 1. The van der Waals surface area contributed by atoms with E-state index in [0.29, 0.717) is 17.9 Å². The minimum absolute atomic E-state index is 0.0521. The lowest BCUT2D eigenvalue weighted by atomic mass is 10.0. The Kier molecular flexibility index (Phi) is 5.08. The van der Waals surface area contributed by atoms with E-state index in [-0.39, 0.29) is 17.6 Å². The standard InChI is InChI=1S/C21H18FN3O2S/c1-25-18(12-17(24-25)14-6-8-15(22)9-7-14)21(26)23-13-16(19-4-2-10-27-19)20-5-3-11-28-20/h2-12,16H,13H2,1H3,(H,23,26)/t16-/m1/s1. The van der Waals surface area contributed by atoms with E-state index < -0.39 is 0 Å². The van der Waals surface area contributed by atoms with Crippen LogP contribution in [0.15, 0.2) is 70.7 Å². The number of halogens is 1. The number of carbonyl (C=O) groups is 1. The number of hydrogen-bond donors (Lipinski definition) is 1. The first kappa shape index (κ1) is 18.2. The van der Waals surface area contributed by atoms with Gasteiger partial charge in [-0.3, -0.25) is 9.48 Å². The number of amides is 1. The van der Waals surface area contributed by atoms with Crippen LogP contribution in [-0.4, -0.2) is 22.2 Å². The summed E-state index contributed by atoms with van der Waals surface area (Å²) in [7, 11) is 1.71. The van der Waals surface area contributed by atoms with Gasteiger partial charge in [0.1, 0.15) is 17.3 Å². The molecule has 0 aliphatic carbocycles. The number of thiophene rings is 1. The number of carbonyl (C=O) groups excluding carboxylic acids is 1. The molecule has 0 bridgehead atoms. The Morgan fingerprint density at radius 2 is 2.07 bits per heavy atom. The van der Waals surface area contributed by atoms with E-state index in [4.69, 9.17) is 4.42 Å². The molecule has 0 unspecified atom stereocenters. The van der Waals surface area contributed by atoms with Gasteiger partial charge >= 0.3 is 0 Å². The van der Waals surface area contributed by atoms with Gasteiger partial charge in [-0.1, -0.05) is 6.07 Å². The molecule has 0 saturated heterocycles. The van der Waals surface area contributed by atoms with Gasteiger partial charge in [0.05, 0.1) is 17.9 Å². The van der Waals surface area contributed by atoms with Crippen LogP contribution in [0.1, 0.15) is 27.0 Å². The molecule has 142 valence electrons. The third kappa shape index (κ3) is 3.75. The van der Waals surface area contributed by atoms with E-state index >= 15 is 0 Å². The van der Waals surface area contributed by atoms with Gasteiger partial charge in [0.25, 0.3) is 5.91 Å². The maximum atomic E-state index is 13.1. The van der Waals surface area contributed by atoms with Gasteiger partial charge in [-0.2, -0.15) is 5.10 Å². The zero-order valence-electron chi connectivity index (χ0n) is 15.1. The second-order valence-corrected chi connectivity index (χ2v) is 7.32. The smallest absolute Gasteiger partial charge is 0.269 e. The third-order valence-corrected chi connectivity index (χ3v) is 5.48. The quantitative estimate of drug-likeness (QED) is 0.525. The highest BCUT2D eigenvalue weighted by Gasteiger charge is 2.21. The van der Waals surface area contributed by atoms with Crippen LogP contribution in [-0.2, 0) is 7.05 Å². The predicted octanol–water partition coefficient (Wildman–Crippen LogP) is 4.44. The monoisotopic (exact) mass is 395 g/mol. The second-order valence-electron chi connectivity index (χ2n) is 6.34. The number of furan rings is 1. The molecule has 0 spiro atoms. The topological polar surface area (TPSA) is 60.1 Å². The number of rotatable bonds is 6. The van der Waals surface area contributed by atoms with Crippen molar-refractivity contribution in [2.75, 3.05) is 6.54 Å². The van der Waals surface area contributed by atoms with E-state index in [1.807, 2.05) is 29.6 Å². The van der Waals surface area contributed by atoms with Crippen LogP contribution in [0, 0.1) is 5.82 Å². The first-order valence-corrected chi connectivity index (χ1v) is 9.65. The first-order valence-electron chi connectivity index (χ1n) is 8.77. The van der Waals surface area contributed by atoms with Gasteiger partial charge in [-0.05, 0) is 53.9 Å². The maximum absolute atomic E-state index is 13.1. The molecule has 7 heteroatoms. The van der Waals surface area contributed by atoms with Crippen LogP contribution in [0.4, 0.5) is 4.39 Å². The summed E-state index contributed by atoms with van der Waals surface area (Å²) in [6, 6.07) is 15.5. The number of nitrogens with one attached hydrogen (secondary N) is 1. The second kappa shape index (κ2) is 7.82. The zero-order valence-corrected chi connectivity index (χ0v) is 15.9. The van der Waals surface area contributed by atoms with Crippen molar-refractivity contribution < 1.29 is 13.6 Å². The highest BCUT2D eigenvalue weighted by Crippen LogP contribution is 2.28. The van der Waals surface area contributed by atoms with Crippen molar-refractivity contribution in [3.63, 3.8) is 0 Å². The number of nitrogens with zero attached hydrogens (tertiary/aromatic N) is 2. The highest BCUT2D eigenvalue weighted by molar-refractivity contribution is 7.10. The molecule has 0 aliphatic rings. The lowest BCUT2D eigenvalue weighted by Crippen LogP contribution is -2.30. The Balaban J connectivity index is 1.51. The Morgan fingerprint density at radius 1 is 1.25 bits per heavy atom. The minimum Gasteiger partial charge on any atom is -0.469 e. The molecule has 5 nitrogen and oxygen atoms in total. The van der Waals surface area contributed by atoms with Gasteiger partial charge in [0.2, 0.25) is 0 Å². The van der Waals surface area contributed by atoms with Gasteiger partial charge in [0, 0.05) is 24.0 Å². The molecular formula is C21H18FN3O2S. The third-order valence-electron chi connectivity index (χ3n) is 4.49. The van der Waals surface area contributed by atoms with Crippen LogP contribution in [0.5, 0.6) is 0 Å². The fraction of sp³-hybridized carbons (Fsp3) is 0.143. The molecule has 4 rings (SSSR count). The molecule has 28 heavy (non-hydrogen) atoms. The summed E-state index contributed by atoms with van der Waals surface area (Å²) in [5.41, 5.74) is 1.81. The van der Waals surface area contributed by atoms with Crippen LogP contribution < -0.4 is 5.32 Å². The summed E-state index contributed by atoms with van der Waals surface area (Å²) >= 11 is 1.62. The largest absolute Gasteiger partial charge is 0.469 e. The van der Waals surface area contributed by atoms with Gasteiger partial charge in [-0.25, -0.2) is 4.39 Å². The normalized spacial score (nSPS) is 12.1. The van der Waals surface area contributed by atoms with E-state index in [2.05, 4.69) is 10.4 Å². The van der Waals surface area contributed by atoms with Crippen molar-refractivity contribution in [2.24, 2.45) is 7.05 Å². The van der Waals surface area contributed by atoms with Crippen molar-refractivity contribution in [1.82, 2.24) is 15.1 Å². The van der Waals surface area contributed by atoms with E-state index in [9.17, 15) is 9.18 Å². The van der Waals surface area contributed by atoms with E-state index in [0.717, 1.165) is 16.2 Å². The van der Waals surface area contributed by atoms with Crippen molar-refractivity contribution in [2.45, 2.75) is 5.92 Å². The van der Waals surface area contributed by atoms with Gasteiger partial charge in [0.15, 0.2) is 0 Å². The Hall–Kier alpha value is -3.19. The predicted molar refractivity (Wildman–Crippen MR) is 106 cm³/mol. The molecule has 0 radical (unpaired) electrons. The van der Waals surface area contributed by atoms with Crippen LogP contribution in [0.2, 0.25) is 0 Å². The molecule has 1 N–H and O–H groups in total.